The summed E-state index contributed by atoms with van der Waals surface area (Å²) in [5.41, 5.74) is 1.37. The summed E-state index contributed by atoms with van der Waals surface area (Å²) in [4.78, 5) is 4.76. The number of nitrogens with zero attached hydrogens (tertiary/aromatic N) is 1. The summed E-state index contributed by atoms with van der Waals surface area (Å²) >= 11 is 3.40. The van der Waals surface area contributed by atoms with E-state index in [1.807, 2.05) is 23.5 Å². The number of thiophene rings is 2. The van der Waals surface area contributed by atoms with Crippen LogP contribution in [0.15, 0.2) is 18.2 Å². The smallest absolute Gasteiger partial charge is 0.110 e. The summed E-state index contributed by atoms with van der Waals surface area (Å²) in [7, 11) is 0. The average molecular weight is 262 g/mol. The summed E-state index contributed by atoms with van der Waals surface area (Å²) in [6.07, 6.45) is 0. The number of nitrogens with one attached hydrogen (secondary N) is 1. The molecule has 2 nitrogen and oxygen atoms in total. The molecule has 0 aliphatic heterocycles. The molecular weight excluding hydrogens is 248 g/mol. The molecule has 17 heavy (non-hydrogen) atoms. The highest BCUT2D eigenvalue weighted by Gasteiger charge is 2.02. The molecule has 0 aliphatic carbocycles. The van der Waals surface area contributed by atoms with Gasteiger partial charge in [-0.2, -0.15) is 5.26 Å². The molecule has 1 N–H and O–H groups in total. The summed E-state index contributed by atoms with van der Waals surface area (Å²) in [5.74, 6) is 0. The zero-order valence-corrected chi connectivity index (χ0v) is 11.5. The van der Waals surface area contributed by atoms with E-state index in [0.717, 1.165) is 18.0 Å². The number of rotatable bonds is 4. The van der Waals surface area contributed by atoms with Gasteiger partial charge in [0.05, 0.1) is 0 Å². The van der Waals surface area contributed by atoms with Crippen LogP contribution in [0.1, 0.15) is 25.1 Å². The molecule has 0 radical (unpaired) electrons. The van der Waals surface area contributed by atoms with Crippen molar-refractivity contribution < 1.29 is 0 Å². The van der Waals surface area contributed by atoms with Gasteiger partial charge in [0.2, 0.25) is 0 Å². The van der Waals surface area contributed by atoms with E-state index in [4.69, 9.17) is 5.26 Å². The Morgan fingerprint density at radius 2 is 1.94 bits per heavy atom. The Hall–Kier alpha value is -1.15. The standard InChI is InChI=1S/C13H14N2S2/c1-9-5-13(16-10(9)2)8-15-7-12-4-3-11(6-14)17-12/h3-5,15H,7-8H2,1-2H3. The van der Waals surface area contributed by atoms with Gasteiger partial charge in [0.15, 0.2) is 0 Å². The molecule has 0 amide bonds. The lowest BCUT2D eigenvalue weighted by molar-refractivity contribution is 0.709. The van der Waals surface area contributed by atoms with Gasteiger partial charge in [-0.15, -0.1) is 22.7 Å². The molecule has 0 saturated carbocycles. The SMILES string of the molecule is Cc1cc(CNCc2ccc(C#N)s2)sc1C. The minimum atomic E-state index is 0.782. The Morgan fingerprint density at radius 1 is 1.18 bits per heavy atom. The lowest BCUT2D eigenvalue weighted by Gasteiger charge is -1.99. The molecule has 0 fully saturated rings. The van der Waals surface area contributed by atoms with Crippen molar-refractivity contribution in [2.45, 2.75) is 26.9 Å². The van der Waals surface area contributed by atoms with Crippen LogP contribution in [-0.4, -0.2) is 0 Å². The fourth-order valence-electron chi connectivity index (χ4n) is 1.58. The number of aryl methyl sites for hydroxylation is 2. The van der Waals surface area contributed by atoms with Crippen LogP contribution in [0.4, 0.5) is 0 Å². The van der Waals surface area contributed by atoms with E-state index in [2.05, 4.69) is 31.3 Å². The molecule has 2 aromatic rings. The third-order valence-electron chi connectivity index (χ3n) is 2.59. The third-order valence-corrected chi connectivity index (χ3v) is 4.73. The van der Waals surface area contributed by atoms with Crippen molar-refractivity contribution in [3.63, 3.8) is 0 Å². The van der Waals surface area contributed by atoms with Gasteiger partial charge in [0, 0.05) is 27.7 Å². The van der Waals surface area contributed by atoms with Crippen LogP contribution < -0.4 is 5.32 Å². The maximum Gasteiger partial charge on any atom is 0.110 e. The first-order valence-electron chi connectivity index (χ1n) is 5.44. The maximum atomic E-state index is 8.73. The first kappa shape index (κ1) is 12.3. The summed E-state index contributed by atoms with van der Waals surface area (Å²) < 4.78 is 0. The van der Waals surface area contributed by atoms with Gasteiger partial charge < -0.3 is 5.32 Å². The van der Waals surface area contributed by atoms with Crippen molar-refractivity contribution in [1.29, 1.82) is 5.26 Å². The minimum Gasteiger partial charge on any atom is -0.307 e. The minimum absolute atomic E-state index is 0.782. The maximum absolute atomic E-state index is 8.73. The second-order valence-corrected chi connectivity index (χ2v) is 6.44. The second-order valence-electron chi connectivity index (χ2n) is 3.93. The molecule has 4 heteroatoms. The van der Waals surface area contributed by atoms with Gasteiger partial charge >= 0.3 is 0 Å². The van der Waals surface area contributed by atoms with Crippen molar-refractivity contribution in [2.24, 2.45) is 0 Å². The van der Waals surface area contributed by atoms with Crippen molar-refractivity contribution >= 4 is 22.7 Å². The first-order chi connectivity index (χ1) is 8.19. The summed E-state index contributed by atoms with van der Waals surface area (Å²) in [5, 5.41) is 12.1. The van der Waals surface area contributed by atoms with Crippen LogP contribution >= 0.6 is 22.7 Å². The Kier molecular flexibility index (Phi) is 3.95. The second kappa shape index (κ2) is 5.46. The van der Waals surface area contributed by atoms with E-state index in [0.29, 0.717) is 0 Å². The topological polar surface area (TPSA) is 35.8 Å². The van der Waals surface area contributed by atoms with Crippen molar-refractivity contribution in [3.05, 3.63) is 43.3 Å². The highest BCUT2D eigenvalue weighted by atomic mass is 32.1. The fraction of sp³-hybridized carbons (Fsp3) is 0.308. The highest BCUT2D eigenvalue weighted by molar-refractivity contribution is 7.12. The van der Waals surface area contributed by atoms with E-state index in [-0.39, 0.29) is 0 Å². The molecule has 0 aliphatic rings. The lowest BCUT2D eigenvalue weighted by atomic mass is 10.3. The predicted octanol–water partition coefficient (Wildman–Crippen LogP) is 3.59. The molecule has 0 bridgehead atoms. The molecule has 88 valence electrons. The van der Waals surface area contributed by atoms with Crippen LogP contribution in [-0.2, 0) is 13.1 Å². The summed E-state index contributed by atoms with van der Waals surface area (Å²) in [6.45, 7) is 6.04. The van der Waals surface area contributed by atoms with Gasteiger partial charge in [-0.1, -0.05) is 0 Å². The van der Waals surface area contributed by atoms with E-state index in [1.54, 1.807) is 11.3 Å². The molecule has 0 atom stereocenters. The van der Waals surface area contributed by atoms with Gasteiger partial charge in [-0.3, -0.25) is 0 Å². The van der Waals surface area contributed by atoms with E-state index in [9.17, 15) is 0 Å². The van der Waals surface area contributed by atoms with Gasteiger partial charge in [-0.25, -0.2) is 0 Å². The molecule has 0 saturated heterocycles. The van der Waals surface area contributed by atoms with Gasteiger partial charge in [0.1, 0.15) is 10.9 Å². The van der Waals surface area contributed by atoms with E-state index >= 15 is 0 Å². The number of nitriles is 1. The zero-order valence-electron chi connectivity index (χ0n) is 9.91. The lowest BCUT2D eigenvalue weighted by Crippen LogP contribution is -2.10. The van der Waals surface area contributed by atoms with Crippen LogP contribution in [0.2, 0.25) is 0 Å². The Labute approximate surface area is 110 Å². The zero-order chi connectivity index (χ0) is 12.3. The Balaban J connectivity index is 1.85. The van der Waals surface area contributed by atoms with Crippen molar-refractivity contribution in [1.82, 2.24) is 5.32 Å². The summed E-state index contributed by atoms with van der Waals surface area (Å²) in [6, 6.07) is 8.29. The molecule has 2 heterocycles. The molecular formula is C13H14N2S2. The molecule has 0 spiro atoms. The first-order valence-corrected chi connectivity index (χ1v) is 7.08. The quantitative estimate of drug-likeness (QED) is 0.914. The fourth-order valence-corrected chi connectivity index (χ4v) is 3.38. The van der Waals surface area contributed by atoms with Gasteiger partial charge in [-0.05, 0) is 37.6 Å². The van der Waals surface area contributed by atoms with E-state index < -0.39 is 0 Å². The normalized spacial score (nSPS) is 10.4. The van der Waals surface area contributed by atoms with Gasteiger partial charge in [0.25, 0.3) is 0 Å². The van der Waals surface area contributed by atoms with Crippen LogP contribution in [0.5, 0.6) is 0 Å². The molecule has 2 aromatic heterocycles. The third kappa shape index (κ3) is 3.16. The molecule has 0 aromatic carbocycles. The number of hydrogen-bond donors (Lipinski definition) is 1. The monoisotopic (exact) mass is 262 g/mol. The molecule has 2 rings (SSSR count). The Morgan fingerprint density at radius 3 is 2.53 bits per heavy atom. The number of hydrogen-bond acceptors (Lipinski definition) is 4. The molecule has 0 unspecified atom stereocenters. The average Bonchev–Trinajstić information content (AvgIpc) is 2.87. The Bertz CT molecular complexity index is 527. The van der Waals surface area contributed by atoms with Crippen molar-refractivity contribution in [3.8, 4) is 6.07 Å². The van der Waals surface area contributed by atoms with Crippen LogP contribution in [0.3, 0.4) is 0 Å². The highest BCUT2D eigenvalue weighted by Crippen LogP contribution is 2.20. The van der Waals surface area contributed by atoms with Crippen LogP contribution in [0.25, 0.3) is 0 Å². The van der Waals surface area contributed by atoms with E-state index in [1.165, 1.54) is 20.2 Å². The largest absolute Gasteiger partial charge is 0.307 e. The predicted molar refractivity (Wildman–Crippen MR) is 73.4 cm³/mol. The van der Waals surface area contributed by atoms with Crippen molar-refractivity contribution in [2.75, 3.05) is 0 Å². The van der Waals surface area contributed by atoms with Crippen LogP contribution in [0, 0.1) is 25.2 Å².